The Kier molecular flexibility index (Phi) is 3.34. The molecule has 0 amide bonds. The molecule has 13 heavy (non-hydrogen) atoms. The van der Waals surface area contributed by atoms with Crippen LogP contribution in [0.3, 0.4) is 0 Å². The lowest BCUT2D eigenvalue weighted by molar-refractivity contribution is 0.0939. The van der Waals surface area contributed by atoms with Crippen molar-refractivity contribution in [3.63, 3.8) is 0 Å². The van der Waals surface area contributed by atoms with E-state index in [1.165, 1.54) is 0 Å². The molecule has 0 fully saturated rings. The van der Waals surface area contributed by atoms with Gasteiger partial charge in [-0.1, -0.05) is 37.0 Å². The molecule has 1 nitrogen and oxygen atoms in total. The van der Waals surface area contributed by atoms with E-state index in [0.29, 0.717) is 15.6 Å². The van der Waals surface area contributed by atoms with Crippen LogP contribution in [0.4, 0.5) is 0 Å². The van der Waals surface area contributed by atoms with Crippen molar-refractivity contribution < 1.29 is 4.79 Å². The molecule has 1 aromatic rings. The molecule has 0 unspecified atom stereocenters. The highest BCUT2D eigenvalue weighted by Crippen LogP contribution is 2.23. The van der Waals surface area contributed by atoms with Crippen LogP contribution in [-0.2, 0) is 0 Å². The van der Waals surface area contributed by atoms with Crippen LogP contribution in [0.15, 0.2) is 18.2 Å². The molecule has 0 N–H and O–H groups in total. The summed E-state index contributed by atoms with van der Waals surface area (Å²) >= 11 is 11.6. The summed E-state index contributed by atoms with van der Waals surface area (Å²) in [6.07, 6.45) is 0. The van der Waals surface area contributed by atoms with Crippen molar-refractivity contribution in [1.82, 2.24) is 0 Å². The van der Waals surface area contributed by atoms with Crippen molar-refractivity contribution in [3.05, 3.63) is 33.8 Å². The highest BCUT2D eigenvalue weighted by Gasteiger charge is 2.13. The second kappa shape index (κ2) is 4.12. The zero-order chi connectivity index (χ0) is 10.0. The average Bonchev–Trinajstić information content (AvgIpc) is 2.03. The van der Waals surface area contributed by atoms with Gasteiger partial charge in [0.05, 0.1) is 5.02 Å². The summed E-state index contributed by atoms with van der Waals surface area (Å²) in [5, 5.41) is 0.969. The molecule has 0 saturated heterocycles. The third-order valence-corrected chi connectivity index (χ3v) is 2.27. The van der Waals surface area contributed by atoms with Gasteiger partial charge < -0.3 is 0 Å². The van der Waals surface area contributed by atoms with E-state index in [0.717, 1.165) is 0 Å². The molecular formula is C10H10Cl2O. The first-order valence-electron chi connectivity index (χ1n) is 4.01. The van der Waals surface area contributed by atoms with Gasteiger partial charge in [0, 0.05) is 16.5 Å². The average molecular weight is 217 g/mol. The SMILES string of the molecule is CC(C)C(=O)c1ccc(Cl)cc1Cl. The Morgan fingerprint density at radius 3 is 2.38 bits per heavy atom. The van der Waals surface area contributed by atoms with E-state index < -0.39 is 0 Å². The zero-order valence-corrected chi connectivity index (χ0v) is 8.99. The van der Waals surface area contributed by atoms with Gasteiger partial charge >= 0.3 is 0 Å². The molecule has 0 aromatic heterocycles. The van der Waals surface area contributed by atoms with Gasteiger partial charge in [-0.3, -0.25) is 4.79 Å². The van der Waals surface area contributed by atoms with Crippen LogP contribution in [0.1, 0.15) is 24.2 Å². The van der Waals surface area contributed by atoms with Gasteiger partial charge in [-0.05, 0) is 18.2 Å². The van der Waals surface area contributed by atoms with Crippen molar-refractivity contribution in [2.75, 3.05) is 0 Å². The normalized spacial score (nSPS) is 10.5. The summed E-state index contributed by atoms with van der Waals surface area (Å²) in [5.74, 6) is 0.000317. The second-order valence-corrected chi connectivity index (χ2v) is 3.99. The van der Waals surface area contributed by atoms with Gasteiger partial charge in [0.1, 0.15) is 0 Å². The molecule has 1 aromatic carbocycles. The second-order valence-electron chi connectivity index (χ2n) is 3.14. The molecule has 3 heteroatoms. The lowest BCUT2D eigenvalue weighted by Gasteiger charge is -2.05. The molecule has 0 heterocycles. The molecule has 0 spiro atoms. The van der Waals surface area contributed by atoms with Crippen molar-refractivity contribution >= 4 is 29.0 Å². The summed E-state index contributed by atoms with van der Waals surface area (Å²) in [7, 11) is 0. The minimum absolute atomic E-state index is 0.0429. The van der Waals surface area contributed by atoms with E-state index >= 15 is 0 Å². The summed E-state index contributed by atoms with van der Waals surface area (Å²) in [4.78, 5) is 11.5. The number of hydrogen-bond acceptors (Lipinski definition) is 1. The van der Waals surface area contributed by atoms with E-state index in [4.69, 9.17) is 23.2 Å². The smallest absolute Gasteiger partial charge is 0.166 e. The monoisotopic (exact) mass is 216 g/mol. The number of ketones is 1. The Balaban J connectivity index is 3.09. The minimum atomic E-state index is -0.0429. The Morgan fingerprint density at radius 2 is 1.92 bits per heavy atom. The molecule has 0 aliphatic carbocycles. The molecule has 0 aliphatic rings. The molecule has 0 radical (unpaired) electrons. The lowest BCUT2D eigenvalue weighted by Crippen LogP contribution is -2.07. The van der Waals surface area contributed by atoms with Crippen molar-refractivity contribution in [1.29, 1.82) is 0 Å². The molecule has 0 bridgehead atoms. The number of benzene rings is 1. The van der Waals surface area contributed by atoms with E-state index in [1.807, 2.05) is 13.8 Å². The molecule has 0 atom stereocenters. The van der Waals surface area contributed by atoms with Gasteiger partial charge in [0.2, 0.25) is 0 Å². The van der Waals surface area contributed by atoms with Gasteiger partial charge in [0.15, 0.2) is 5.78 Å². The number of rotatable bonds is 2. The van der Waals surface area contributed by atoms with E-state index in [1.54, 1.807) is 18.2 Å². The number of Topliss-reactive ketones (excluding diaryl/α,β-unsaturated/α-hetero) is 1. The van der Waals surface area contributed by atoms with E-state index in [-0.39, 0.29) is 11.7 Å². The van der Waals surface area contributed by atoms with Crippen molar-refractivity contribution in [2.45, 2.75) is 13.8 Å². The maximum absolute atomic E-state index is 11.5. The Bertz CT molecular complexity index is 332. The Labute approximate surface area is 87.7 Å². The third kappa shape index (κ3) is 2.45. The van der Waals surface area contributed by atoms with Crippen LogP contribution in [0, 0.1) is 5.92 Å². The predicted molar refractivity (Wildman–Crippen MR) is 55.6 cm³/mol. The van der Waals surface area contributed by atoms with Crippen LogP contribution >= 0.6 is 23.2 Å². The summed E-state index contributed by atoms with van der Waals surface area (Å²) in [6, 6.07) is 4.91. The maximum atomic E-state index is 11.5. The third-order valence-electron chi connectivity index (χ3n) is 1.72. The fourth-order valence-electron chi connectivity index (χ4n) is 1.00. The Morgan fingerprint density at radius 1 is 1.31 bits per heavy atom. The number of carbonyl (C=O) groups excluding carboxylic acids is 1. The fraction of sp³-hybridized carbons (Fsp3) is 0.300. The first-order chi connectivity index (χ1) is 6.02. The number of carbonyl (C=O) groups is 1. The van der Waals surface area contributed by atoms with E-state index in [9.17, 15) is 4.79 Å². The van der Waals surface area contributed by atoms with E-state index in [2.05, 4.69) is 0 Å². The van der Waals surface area contributed by atoms with Gasteiger partial charge in [-0.2, -0.15) is 0 Å². The minimum Gasteiger partial charge on any atom is -0.294 e. The first kappa shape index (κ1) is 10.6. The molecule has 0 saturated carbocycles. The largest absolute Gasteiger partial charge is 0.294 e. The van der Waals surface area contributed by atoms with Crippen LogP contribution in [0.5, 0.6) is 0 Å². The maximum Gasteiger partial charge on any atom is 0.166 e. The van der Waals surface area contributed by atoms with Crippen LogP contribution in [-0.4, -0.2) is 5.78 Å². The van der Waals surface area contributed by atoms with Gasteiger partial charge in [-0.15, -0.1) is 0 Å². The van der Waals surface area contributed by atoms with Gasteiger partial charge in [0.25, 0.3) is 0 Å². The van der Waals surface area contributed by atoms with Crippen LogP contribution in [0.2, 0.25) is 10.0 Å². The lowest BCUT2D eigenvalue weighted by atomic mass is 10.0. The van der Waals surface area contributed by atoms with Crippen molar-refractivity contribution in [3.8, 4) is 0 Å². The molecule has 0 aliphatic heterocycles. The van der Waals surface area contributed by atoms with Gasteiger partial charge in [-0.25, -0.2) is 0 Å². The van der Waals surface area contributed by atoms with Crippen LogP contribution in [0.25, 0.3) is 0 Å². The highest BCUT2D eigenvalue weighted by atomic mass is 35.5. The molecular weight excluding hydrogens is 207 g/mol. The Hall–Kier alpha value is -0.530. The summed E-state index contributed by atoms with van der Waals surface area (Å²) in [5.41, 5.74) is 0.543. The quantitative estimate of drug-likeness (QED) is 0.688. The molecule has 1 rings (SSSR count). The summed E-state index contributed by atoms with van der Waals surface area (Å²) < 4.78 is 0. The molecule has 70 valence electrons. The standard InChI is InChI=1S/C10H10Cl2O/c1-6(2)10(13)8-4-3-7(11)5-9(8)12/h3-6H,1-2H3. The predicted octanol–water partition coefficient (Wildman–Crippen LogP) is 3.83. The number of hydrogen-bond donors (Lipinski definition) is 0. The summed E-state index contributed by atoms with van der Waals surface area (Å²) in [6.45, 7) is 3.68. The van der Waals surface area contributed by atoms with Crippen molar-refractivity contribution in [2.24, 2.45) is 5.92 Å². The number of halogens is 2. The first-order valence-corrected chi connectivity index (χ1v) is 4.77. The topological polar surface area (TPSA) is 17.1 Å². The highest BCUT2D eigenvalue weighted by molar-refractivity contribution is 6.36. The fourth-order valence-corrected chi connectivity index (χ4v) is 1.50. The zero-order valence-electron chi connectivity index (χ0n) is 7.47. The van der Waals surface area contributed by atoms with Crippen LogP contribution < -0.4 is 0 Å².